The van der Waals surface area contributed by atoms with Crippen LogP contribution in [0, 0.1) is 0 Å². The van der Waals surface area contributed by atoms with E-state index in [4.69, 9.17) is 11.6 Å². The molecule has 2 N–H and O–H groups in total. The number of halogens is 1. The maximum Gasteiger partial charge on any atom is 0.263 e. The third-order valence-corrected chi connectivity index (χ3v) is 5.49. The summed E-state index contributed by atoms with van der Waals surface area (Å²) in [7, 11) is 0. The molecule has 1 aromatic heterocycles. The number of carbonyl (C=O) groups excluding carboxylic acids is 1. The molecule has 0 unspecified atom stereocenters. The van der Waals surface area contributed by atoms with Crippen LogP contribution in [0.5, 0.6) is 0 Å². The fraction of sp³-hybridized carbons (Fsp3) is 0.400. The van der Waals surface area contributed by atoms with E-state index >= 15 is 0 Å². The summed E-state index contributed by atoms with van der Waals surface area (Å²) >= 11 is 7.77. The largest absolute Gasteiger partial charge is 0.346 e. The van der Waals surface area contributed by atoms with Crippen molar-refractivity contribution in [3.8, 4) is 0 Å². The Morgan fingerprint density at radius 3 is 2.80 bits per heavy atom. The average molecular weight is 310 g/mol. The second-order valence-electron chi connectivity index (χ2n) is 5.20. The van der Waals surface area contributed by atoms with Crippen molar-refractivity contribution in [2.24, 2.45) is 0 Å². The smallest absolute Gasteiger partial charge is 0.263 e. The minimum atomic E-state index is -0.0465. The number of hydrogen-bond donors (Lipinski definition) is 2. The van der Waals surface area contributed by atoms with E-state index in [0.717, 1.165) is 23.2 Å². The zero-order valence-corrected chi connectivity index (χ0v) is 12.8. The minimum Gasteiger partial charge on any atom is -0.346 e. The van der Waals surface area contributed by atoms with Gasteiger partial charge in [0.1, 0.15) is 4.88 Å². The first-order valence-corrected chi connectivity index (χ1v) is 8.24. The van der Waals surface area contributed by atoms with Crippen LogP contribution in [0.15, 0.2) is 24.3 Å². The Morgan fingerprint density at radius 2 is 2.05 bits per heavy atom. The quantitative estimate of drug-likeness (QED) is 0.889. The summed E-state index contributed by atoms with van der Waals surface area (Å²) in [6, 6.07) is 7.86. The summed E-state index contributed by atoms with van der Waals surface area (Å²) in [4.78, 5) is 14.4. The monoisotopic (exact) mass is 309 g/mol. The van der Waals surface area contributed by atoms with Gasteiger partial charge in [-0.1, -0.05) is 29.8 Å². The summed E-state index contributed by atoms with van der Waals surface area (Å²) in [5, 5.41) is 4.54. The zero-order chi connectivity index (χ0) is 13.9. The fourth-order valence-electron chi connectivity index (χ4n) is 2.72. The predicted octanol–water partition coefficient (Wildman–Crippen LogP) is 1.96. The van der Waals surface area contributed by atoms with Crippen molar-refractivity contribution in [3.05, 3.63) is 34.2 Å². The fourth-order valence-corrected chi connectivity index (χ4v) is 4.15. The Kier molecular flexibility index (Phi) is 4.24. The number of hydrogen-bond acceptors (Lipinski definition) is 2. The van der Waals surface area contributed by atoms with Crippen molar-refractivity contribution < 1.29 is 9.69 Å². The highest BCUT2D eigenvalue weighted by Crippen LogP contribution is 2.34. The third-order valence-electron chi connectivity index (χ3n) is 3.82. The van der Waals surface area contributed by atoms with E-state index in [-0.39, 0.29) is 5.91 Å². The minimum absolute atomic E-state index is 0.0465. The number of fused-ring (bicyclic) bond motifs is 1. The molecule has 1 aliphatic rings. The number of amides is 1. The Balaban J connectivity index is 1.64. The second kappa shape index (κ2) is 6.12. The predicted molar refractivity (Wildman–Crippen MR) is 84.0 cm³/mol. The van der Waals surface area contributed by atoms with Crippen molar-refractivity contribution in [1.82, 2.24) is 5.32 Å². The molecular formula is C15H18ClN2OS+. The van der Waals surface area contributed by atoms with Crippen LogP contribution >= 0.6 is 22.9 Å². The first-order valence-electron chi connectivity index (χ1n) is 7.04. The summed E-state index contributed by atoms with van der Waals surface area (Å²) in [5.74, 6) is -0.0465. The van der Waals surface area contributed by atoms with Crippen LogP contribution in [-0.2, 0) is 0 Å². The molecule has 0 radical (unpaired) electrons. The van der Waals surface area contributed by atoms with Gasteiger partial charge in [0.2, 0.25) is 0 Å². The highest BCUT2D eigenvalue weighted by atomic mass is 35.5. The number of quaternary nitrogens is 1. The van der Waals surface area contributed by atoms with Crippen molar-refractivity contribution in [2.45, 2.75) is 12.8 Å². The molecule has 1 fully saturated rings. The zero-order valence-electron chi connectivity index (χ0n) is 11.2. The molecule has 106 valence electrons. The lowest BCUT2D eigenvalue weighted by atomic mass is 10.2. The van der Waals surface area contributed by atoms with E-state index in [1.807, 2.05) is 24.3 Å². The van der Waals surface area contributed by atoms with Crippen molar-refractivity contribution in [1.29, 1.82) is 0 Å². The lowest BCUT2D eigenvalue weighted by Crippen LogP contribution is -3.10. The summed E-state index contributed by atoms with van der Waals surface area (Å²) in [6.07, 6.45) is 2.62. The standard InChI is InChI=1S/C15H17ClN2OS/c16-13-11-5-1-2-6-12(11)20-14(13)15(19)17-7-10-18-8-3-4-9-18/h1-2,5-6H,3-4,7-10H2,(H,17,19)/p+1. The Morgan fingerprint density at radius 1 is 1.30 bits per heavy atom. The van der Waals surface area contributed by atoms with E-state index in [0.29, 0.717) is 9.90 Å². The number of nitrogens with one attached hydrogen (secondary N) is 2. The summed E-state index contributed by atoms with van der Waals surface area (Å²) < 4.78 is 1.06. The van der Waals surface area contributed by atoms with Gasteiger partial charge in [-0.25, -0.2) is 0 Å². The summed E-state index contributed by atoms with van der Waals surface area (Å²) in [5.41, 5.74) is 0. The molecule has 0 aliphatic carbocycles. The van der Waals surface area contributed by atoms with Gasteiger partial charge in [-0.2, -0.15) is 0 Å². The van der Waals surface area contributed by atoms with Gasteiger partial charge in [0.05, 0.1) is 31.2 Å². The third kappa shape index (κ3) is 2.82. The summed E-state index contributed by atoms with van der Waals surface area (Å²) in [6.45, 7) is 4.20. The lowest BCUT2D eigenvalue weighted by Gasteiger charge is -2.12. The maximum atomic E-state index is 12.2. The van der Waals surface area contributed by atoms with E-state index in [2.05, 4.69) is 5.32 Å². The van der Waals surface area contributed by atoms with E-state index in [1.54, 1.807) is 4.90 Å². The van der Waals surface area contributed by atoms with E-state index in [9.17, 15) is 4.79 Å². The molecule has 20 heavy (non-hydrogen) atoms. The molecule has 0 saturated carbocycles. The van der Waals surface area contributed by atoms with Gasteiger partial charge in [0, 0.05) is 22.9 Å². The van der Waals surface area contributed by atoms with Crippen LogP contribution in [0.2, 0.25) is 5.02 Å². The maximum absolute atomic E-state index is 12.2. The van der Waals surface area contributed by atoms with Crippen molar-refractivity contribution in [2.75, 3.05) is 26.2 Å². The van der Waals surface area contributed by atoms with Gasteiger partial charge >= 0.3 is 0 Å². The van der Waals surface area contributed by atoms with Gasteiger partial charge in [0.15, 0.2) is 0 Å². The highest BCUT2D eigenvalue weighted by Gasteiger charge is 2.18. The molecule has 0 spiro atoms. The average Bonchev–Trinajstić information content (AvgIpc) is 3.08. The Labute approximate surface area is 127 Å². The molecule has 2 aromatic rings. The van der Waals surface area contributed by atoms with Crippen LogP contribution in [0.3, 0.4) is 0 Å². The molecule has 2 heterocycles. The normalized spacial score (nSPS) is 15.8. The van der Waals surface area contributed by atoms with Crippen molar-refractivity contribution >= 4 is 38.9 Å². The Hall–Kier alpha value is -1.10. The highest BCUT2D eigenvalue weighted by molar-refractivity contribution is 7.21. The van der Waals surface area contributed by atoms with Gasteiger partial charge in [0.25, 0.3) is 5.91 Å². The van der Waals surface area contributed by atoms with Gasteiger partial charge in [-0.3, -0.25) is 4.79 Å². The lowest BCUT2D eigenvalue weighted by molar-refractivity contribution is -0.886. The molecule has 5 heteroatoms. The topological polar surface area (TPSA) is 33.5 Å². The number of benzene rings is 1. The van der Waals surface area contributed by atoms with Crippen LogP contribution < -0.4 is 10.2 Å². The molecule has 1 aliphatic heterocycles. The molecule has 3 nitrogen and oxygen atoms in total. The SMILES string of the molecule is O=C(NCC[NH+]1CCCC1)c1sc2ccccc2c1Cl. The molecule has 3 rings (SSSR count). The molecular weight excluding hydrogens is 292 g/mol. The first kappa shape index (κ1) is 13.9. The van der Waals surface area contributed by atoms with Gasteiger partial charge in [-0.05, 0) is 6.07 Å². The van der Waals surface area contributed by atoms with Gasteiger partial charge in [-0.15, -0.1) is 11.3 Å². The first-order chi connectivity index (χ1) is 9.75. The van der Waals surface area contributed by atoms with Crippen LogP contribution in [0.25, 0.3) is 10.1 Å². The number of rotatable bonds is 4. The molecule has 0 bridgehead atoms. The van der Waals surface area contributed by atoms with E-state index < -0.39 is 0 Å². The van der Waals surface area contributed by atoms with Gasteiger partial charge < -0.3 is 10.2 Å². The van der Waals surface area contributed by atoms with Crippen LogP contribution in [-0.4, -0.2) is 32.1 Å². The molecule has 1 saturated heterocycles. The molecule has 1 aromatic carbocycles. The van der Waals surface area contributed by atoms with Crippen LogP contribution in [0.4, 0.5) is 0 Å². The Bertz CT molecular complexity index is 619. The number of likely N-dealkylation sites (tertiary alicyclic amines) is 1. The van der Waals surface area contributed by atoms with E-state index in [1.165, 1.54) is 37.3 Å². The second-order valence-corrected chi connectivity index (χ2v) is 6.63. The molecule has 0 atom stereocenters. The van der Waals surface area contributed by atoms with Crippen LogP contribution in [0.1, 0.15) is 22.5 Å². The number of carbonyl (C=O) groups is 1. The van der Waals surface area contributed by atoms with Crippen molar-refractivity contribution in [3.63, 3.8) is 0 Å². The molecule has 1 amide bonds. The number of thiophene rings is 1.